The lowest BCUT2D eigenvalue weighted by molar-refractivity contribution is -0.141. The van der Waals surface area contributed by atoms with Crippen molar-refractivity contribution >= 4 is 34.4 Å². The average Bonchev–Trinajstić information content (AvgIpc) is 3.52. The van der Waals surface area contributed by atoms with Crippen molar-refractivity contribution in [1.82, 2.24) is 14.8 Å². The first kappa shape index (κ1) is 22.2. The minimum Gasteiger partial charge on any atom is -0.469 e. The Bertz CT molecular complexity index is 1480. The standard InChI is InChI=1S/C25H21N5O2S2/c1-13-14(2)34-25-22(13)23(17-7-5-16(6-8-17)18-9-10-33-20(18)12-26)27-19(11-21(31)32-4)24-29-28-15(3)30(24)25/h5-10,19H,11H2,1-4H3/t19-/m0/s1. The van der Waals surface area contributed by atoms with Crippen LogP contribution < -0.4 is 0 Å². The number of rotatable bonds is 4. The van der Waals surface area contributed by atoms with E-state index in [2.05, 4.69) is 30.1 Å². The molecule has 4 aromatic rings. The van der Waals surface area contributed by atoms with E-state index in [1.807, 2.05) is 47.2 Å². The zero-order valence-electron chi connectivity index (χ0n) is 19.1. The van der Waals surface area contributed by atoms with Gasteiger partial charge < -0.3 is 4.74 Å². The summed E-state index contributed by atoms with van der Waals surface area (Å²) in [6.45, 7) is 6.10. The number of nitrogens with zero attached hydrogens (tertiary/aromatic N) is 5. The summed E-state index contributed by atoms with van der Waals surface area (Å²) in [4.78, 5) is 19.2. The van der Waals surface area contributed by atoms with E-state index in [1.165, 1.54) is 23.3 Å². The van der Waals surface area contributed by atoms with Crippen LogP contribution in [0.2, 0.25) is 0 Å². The van der Waals surface area contributed by atoms with Gasteiger partial charge in [0.1, 0.15) is 27.8 Å². The number of aryl methyl sites for hydroxylation is 2. The number of hydrogen-bond acceptors (Lipinski definition) is 8. The highest BCUT2D eigenvalue weighted by molar-refractivity contribution is 7.15. The lowest BCUT2D eigenvalue weighted by atomic mass is 9.97. The largest absolute Gasteiger partial charge is 0.469 e. The topological polar surface area (TPSA) is 93.2 Å². The minimum absolute atomic E-state index is 0.0730. The van der Waals surface area contributed by atoms with Crippen molar-refractivity contribution in [2.24, 2.45) is 4.99 Å². The number of nitriles is 1. The normalized spacial score (nSPS) is 14.6. The molecule has 0 saturated heterocycles. The number of ether oxygens (including phenoxy) is 1. The maximum Gasteiger partial charge on any atom is 0.308 e. The molecule has 3 aromatic heterocycles. The van der Waals surface area contributed by atoms with Gasteiger partial charge in [-0.15, -0.1) is 32.9 Å². The summed E-state index contributed by atoms with van der Waals surface area (Å²) >= 11 is 3.11. The summed E-state index contributed by atoms with van der Waals surface area (Å²) in [6, 6.07) is 11.8. The molecule has 5 rings (SSSR count). The van der Waals surface area contributed by atoms with Crippen LogP contribution in [0.3, 0.4) is 0 Å². The zero-order chi connectivity index (χ0) is 24.0. The van der Waals surface area contributed by atoms with E-state index in [0.29, 0.717) is 10.7 Å². The molecular weight excluding hydrogens is 466 g/mol. The number of carbonyl (C=O) groups is 1. The van der Waals surface area contributed by atoms with E-state index in [9.17, 15) is 10.1 Å². The predicted octanol–water partition coefficient (Wildman–Crippen LogP) is 5.31. The van der Waals surface area contributed by atoms with Crippen LogP contribution in [-0.4, -0.2) is 33.6 Å². The highest BCUT2D eigenvalue weighted by atomic mass is 32.1. The number of hydrogen-bond donors (Lipinski definition) is 0. The minimum atomic E-state index is -0.523. The first-order valence-corrected chi connectivity index (χ1v) is 12.4. The Hall–Kier alpha value is -3.61. The molecule has 1 atom stereocenters. The van der Waals surface area contributed by atoms with E-state index < -0.39 is 6.04 Å². The number of carbonyl (C=O) groups excluding carboxylic acids is 1. The number of aromatic nitrogens is 3. The molecule has 0 spiro atoms. The molecule has 0 bridgehead atoms. The van der Waals surface area contributed by atoms with E-state index >= 15 is 0 Å². The van der Waals surface area contributed by atoms with Crippen molar-refractivity contribution < 1.29 is 9.53 Å². The third-order valence-corrected chi connectivity index (χ3v) is 8.07. The Labute approximate surface area is 205 Å². The highest BCUT2D eigenvalue weighted by Crippen LogP contribution is 2.40. The quantitative estimate of drug-likeness (QED) is 0.364. The number of aliphatic imine (C=N–C) groups is 1. The Kier molecular flexibility index (Phi) is 5.63. The summed E-state index contributed by atoms with van der Waals surface area (Å²) in [5, 5.41) is 21.0. The van der Waals surface area contributed by atoms with Crippen LogP contribution in [0.15, 0.2) is 40.7 Å². The third-order valence-electron chi connectivity index (χ3n) is 6.06. The van der Waals surface area contributed by atoms with Gasteiger partial charge in [-0.1, -0.05) is 24.3 Å². The first-order chi connectivity index (χ1) is 16.4. The fourth-order valence-corrected chi connectivity index (χ4v) is 6.12. The molecule has 0 amide bonds. The van der Waals surface area contributed by atoms with Gasteiger partial charge in [-0.2, -0.15) is 5.26 Å². The van der Waals surface area contributed by atoms with E-state index in [-0.39, 0.29) is 12.4 Å². The number of esters is 1. The van der Waals surface area contributed by atoms with Crippen LogP contribution in [-0.2, 0) is 9.53 Å². The van der Waals surface area contributed by atoms with Crippen LogP contribution in [0.4, 0.5) is 0 Å². The summed E-state index contributed by atoms with van der Waals surface area (Å²) < 4.78 is 6.97. The van der Waals surface area contributed by atoms with Crippen LogP contribution in [0.5, 0.6) is 0 Å². The van der Waals surface area contributed by atoms with Gasteiger partial charge in [-0.25, -0.2) is 0 Å². The van der Waals surface area contributed by atoms with Crippen molar-refractivity contribution in [3.05, 3.63) is 73.8 Å². The molecule has 9 heteroatoms. The van der Waals surface area contributed by atoms with Gasteiger partial charge in [0.05, 0.1) is 19.2 Å². The number of methoxy groups -OCH3 is 1. The molecule has 0 radical (unpaired) electrons. The number of benzene rings is 1. The fourth-order valence-electron chi connectivity index (χ4n) is 4.20. The monoisotopic (exact) mass is 487 g/mol. The summed E-state index contributed by atoms with van der Waals surface area (Å²) in [5.41, 5.74) is 5.83. The smallest absolute Gasteiger partial charge is 0.308 e. The van der Waals surface area contributed by atoms with Gasteiger partial charge >= 0.3 is 5.97 Å². The van der Waals surface area contributed by atoms with Crippen LogP contribution in [0.25, 0.3) is 16.1 Å². The molecule has 170 valence electrons. The first-order valence-electron chi connectivity index (χ1n) is 10.7. The SMILES string of the molecule is COC(=O)C[C@@H]1N=C(c2ccc(-c3ccsc3C#N)cc2)c2c(sc(C)c2C)-n2c(C)nnc21. The Morgan fingerprint density at radius 3 is 2.59 bits per heavy atom. The lowest BCUT2D eigenvalue weighted by Crippen LogP contribution is -2.12. The van der Waals surface area contributed by atoms with Crippen LogP contribution in [0, 0.1) is 32.1 Å². The van der Waals surface area contributed by atoms with Gasteiger partial charge in [0.2, 0.25) is 0 Å². The molecule has 0 N–H and O–H groups in total. The number of thiophene rings is 2. The molecular formula is C25H21N5O2S2. The zero-order valence-corrected chi connectivity index (χ0v) is 20.8. The van der Waals surface area contributed by atoms with Crippen LogP contribution >= 0.6 is 22.7 Å². The molecule has 1 aromatic carbocycles. The molecule has 0 aliphatic carbocycles. The Morgan fingerprint density at radius 1 is 1.15 bits per heavy atom. The fraction of sp³-hybridized carbons (Fsp3) is 0.240. The molecule has 1 aliphatic heterocycles. The second kappa shape index (κ2) is 8.63. The lowest BCUT2D eigenvalue weighted by Gasteiger charge is -2.12. The predicted molar refractivity (Wildman–Crippen MR) is 133 cm³/mol. The van der Waals surface area contributed by atoms with E-state index in [4.69, 9.17) is 9.73 Å². The Balaban J connectivity index is 1.69. The molecule has 0 saturated carbocycles. The van der Waals surface area contributed by atoms with Crippen molar-refractivity contribution in [3.8, 4) is 22.2 Å². The van der Waals surface area contributed by atoms with Gasteiger partial charge in [0.15, 0.2) is 5.82 Å². The summed E-state index contributed by atoms with van der Waals surface area (Å²) in [7, 11) is 1.38. The molecule has 7 nitrogen and oxygen atoms in total. The highest BCUT2D eigenvalue weighted by Gasteiger charge is 2.32. The maximum absolute atomic E-state index is 12.2. The third kappa shape index (κ3) is 3.56. The number of fused-ring (bicyclic) bond motifs is 3. The average molecular weight is 488 g/mol. The summed E-state index contributed by atoms with van der Waals surface area (Å²) in [5.74, 6) is 1.03. The molecule has 0 fully saturated rings. The van der Waals surface area contributed by atoms with E-state index in [1.54, 1.807) is 11.3 Å². The molecule has 0 unspecified atom stereocenters. The van der Waals surface area contributed by atoms with Crippen molar-refractivity contribution in [1.29, 1.82) is 5.26 Å². The van der Waals surface area contributed by atoms with Gasteiger partial charge in [-0.05, 0) is 43.3 Å². The van der Waals surface area contributed by atoms with Gasteiger partial charge in [-0.3, -0.25) is 14.4 Å². The molecule has 34 heavy (non-hydrogen) atoms. The van der Waals surface area contributed by atoms with Gasteiger partial charge in [0.25, 0.3) is 0 Å². The van der Waals surface area contributed by atoms with Crippen LogP contribution in [0.1, 0.15) is 50.6 Å². The van der Waals surface area contributed by atoms with Crippen molar-refractivity contribution in [2.75, 3.05) is 7.11 Å². The van der Waals surface area contributed by atoms with Crippen molar-refractivity contribution in [2.45, 2.75) is 33.2 Å². The maximum atomic E-state index is 12.2. The molecule has 1 aliphatic rings. The summed E-state index contributed by atoms with van der Waals surface area (Å²) in [6.07, 6.45) is 0.0730. The van der Waals surface area contributed by atoms with Gasteiger partial charge in [0, 0.05) is 21.6 Å². The second-order valence-corrected chi connectivity index (χ2v) is 10.1. The van der Waals surface area contributed by atoms with Crippen molar-refractivity contribution in [3.63, 3.8) is 0 Å². The second-order valence-electron chi connectivity index (χ2n) is 8.03. The molecule has 4 heterocycles. The van der Waals surface area contributed by atoms with E-state index in [0.717, 1.165) is 44.4 Å². The Morgan fingerprint density at radius 2 is 1.88 bits per heavy atom.